The number of aromatic nitrogens is 2. The van der Waals surface area contributed by atoms with E-state index < -0.39 is 0 Å². The number of nitrogens with zero attached hydrogens (tertiary/aromatic N) is 2. The van der Waals surface area contributed by atoms with Gasteiger partial charge in [-0.25, -0.2) is 0 Å². The maximum atomic E-state index is 2.51. The molecular formula is C46H26N2S. The average molecular weight is 639 g/mol. The van der Waals surface area contributed by atoms with Gasteiger partial charge in [-0.05, 0) is 59.0 Å². The second-order valence-corrected chi connectivity index (χ2v) is 14.3. The van der Waals surface area contributed by atoms with Crippen LogP contribution >= 0.6 is 11.3 Å². The van der Waals surface area contributed by atoms with Gasteiger partial charge < -0.3 is 8.97 Å². The summed E-state index contributed by atoms with van der Waals surface area (Å²) in [5, 5.41) is 13.0. The van der Waals surface area contributed by atoms with Crippen LogP contribution in [0.5, 0.6) is 0 Å². The van der Waals surface area contributed by atoms with Crippen LogP contribution in [0.4, 0.5) is 0 Å². The van der Waals surface area contributed by atoms with E-state index in [9.17, 15) is 0 Å². The Morgan fingerprint density at radius 2 is 1.02 bits per heavy atom. The molecule has 0 atom stereocenters. The van der Waals surface area contributed by atoms with Crippen LogP contribution in [0.3, 0.4) is 0 Å². The number of hydrogen-bond donors (Lipinski definition) is 0. The van der Waals surface area contributed by atoms with E-state index in [-0.39, 0.29) is 0 Å². The monoisotopic (exact) mass is 638 g/mol. The van der Waals surface area contributed by atoms with Gasteiger partial charge in [0.25, 0.3) is 0 Å². The summed E-state index contributed by atoms with van der Waals surface area (Å²) in [6.45, 7) is 0. The van der Waals surface area contributed by atoms with Crippen LogP contribution < -0.4 is 0 Å². The third-order valence-electron chi connectivity index (χ3n) is 10.8. The molecule has 0 N–H and O–H groups in total. The molecule has 0 aliphatic heterocycles. The maximum absolute atomic E-state index is 2.51. The van der Waals surface area contributed by atoms with Crippen LogP contribution in [-0.2, 0) is 0 Å². The molecule has 0 radical (unpaired) electrons. The highest BCUT2D eigenvalue weighted by Gasteiger charge is 2.20. The number of para-hydroxylation sites is 3. The Morgan fingerprint density at radius 3 is 1.88 bits per heavy atom. The summed E-state index contributed by atoms with van der Waals surface area (Å²) in [5.41, 5.74) is 10.0. The van der Waals surface area contributed by atoms with Gasteiger partial charge in [-0.15, -0.1) is 11.3 Å². The van der Waals surface area contributed by atoms with Crippen LogP contribution in [0.15, 0.2) is 158 Å². The lowest BCUT2D eigenvalue weighted by molar-refractivity contribution is 1.18. The van der Waals surface area contributed by atoms with Gasteiger partial charge >= 0.3 is 0 Å². The first-order chi connectivity index (χ1) is 24.3. The van der Waals surface area contributed by atoms with E-state index in [1.165, 1.54) is 108 Å². The quantitative estimate of drug-likeness (QED) is 0.178. The number of thiophene rings is 1. The molecule has 0 unspecified atom stereocenters. The Balaban J connectivity index is 1.11. The predicted molar refractivity (Wildman–Crippen MR) is 211 cm³/mol. The highest BCUT2D eigenvalue weighted by molar-refractivity contribution is 7.26. The second kappa shape index (κ2) is 9.25. The highest BCUT2D eigenvalue weighted by atomic mass is 32.1. The Hall–Kier alpha value is -6.16. The average Bonchev–Trinajstić information content (AvgIpc) is 3.90. The van der Waals surface area contributed by atoms with E-state index in [0.717, 1.165) is 0 Å². The summed E-state index contributed by atoms with van der Waals surface area (Å²) >= 11 is 1.89. The van der Waals surface area contributed by atoms with Gasteiger partial charge in [0.05, 0.1) is 27.6 Å². The van der Waals surface area contributed by atoms with Crippen molar-refractivity contribution in [2.45, 2.75) is 0 Å². The van der Waals surface area contributed by atoms with Crippen molar-refractivity contribution in [3.05, 3.63) is 158 Å². The van der Waals surface area contributed by atoms with E-state index >= 15 is 0 Å². The molecule has 0 amide bonds. The van der Waals surface area contributed by atoms with Crippen molar-refractivity contribution in [3.63, 3.8) is 0 Å². The molecule has 0 bridgehead atoms. The minimum atomic E-state index is 1.17. The molecule has 12 rings (SSSR count). The van der Waals surface area contributed by atoms with Crippen molar-refractivity contribution in [2.24, 2.45) is 0 Å². The van der Waals surface area contributed by atoms with Gasteiger partial charge in [0.15, 0.2) is 0 Å². The molecule has 0 aliphatic carbocycles. The minimum Gasteiger partial charge on any atom is -0.309 e. The summed E-state index contributed by atoms with van der Waals surface area (Å²) in [6, 6.07) is 58.6. The van der Waals surface area contributed by atoms with Crippen LogP contribution in [0.2, 0.25) is 0 Å². The van der Waals surface area contributed by atoms with Crippen LogP contribution in [-0.4, -0.2) is 8.97 Å². The Kier molecular flexibility index (Phi) is 4.89. The SMILES string of the molecule is c1ccc2c(c1)sc1c(-c3ccc(-n4c5ccccc5c5cc6c(ccc7c8cccc9c%10ccccc%10n(c67)c98)cc54)cc3)cccc12. The standard InChI is InChI=1S/C46H26N2S/c1-5-17-41-31(9-1)34-13-8-14-35-36-24-21-28-25-42-39(26-38(28)45(36)48(41)44(34)35)32-10-2-4-16-40(32)47(42)29-22-19-27(20-23-29)30-12-7-15-37-33-11-3-6-18-43(33)49-46(30)37/h1-26H. The largest absolute Gasteiger partial charge is 0.309 e. The number of benzene rings is 8. The molecular weight excluding hydrogens is 613 g/mol. The molecule has 226 valence electrons. The smallest absolute Gasteiger partial charge is 0.0620 e. The minimum absolute atomic E-state index is 1.17. The van der Waals surface area contributed by atoms with Gasteiger partial charge in [0, 0.05) is 63.6 Å². The molecule has 4 aromatic heterocycles. The molecule has 4 heterocycles. The number of fused-ring (bicyclic) bond motifs is 14. The van der Waals surface area contributed by atoms with Gasteiger partial charge in [-0.1, -0.05) is 115 Å². The van der Waals surface area contributed by atoms with E-state index in [0.29, 0.717) is 0 Å². The molecule has 0 fully saturated rings. The zero-order chi connectivity index (χ0) is 31.8. The molecule has 0 aliphatic rings. The van der Waals surface area contributed by atoms with E-state index in [2.05, 4.69) is 167 Å². The first-order valence-corrected chi connectivity index (χ1v) is 17.7. The molecule has 0 saturated carbocycles. The fraction of sp³-hybridized carbons (Fsp3) is 0. The lowest BCUT2D eigenvalue weighted by Crippen LogP contribution is -1.94. The molecule has 0 spiro atoms. The maximum Gasteiger partial charge on any atom is 0.0620 e. The Labute approximate surface area is 284 Å². The van der Waals surface area contributed by atoms with E-state index in [4.69, 9.17) is 0 Å². The fourth-order valence-corrected chi connectivity index (χ4v) is 9.98. The summed E-state index contributed by atoms with van der Waals surface area (Å²) in [5.74, 6) is 0. The number of hydrogen-bond acceptors (Lipinski definition) is 1. The zero-order valence-corrected chi connectivity index (χ0v) is 27.1. The van der Waals surface area contributed by atoms with Crippen LogP contribution in [0.1, 0.15) is 0 Å². The molecule has 0 saturated heterocycles. The molecule has 8 aromatic carbocycles. The fourth-order valence-electron chi connectivity index (χ4n) is 8.74. The molecule has 49 heavy (non-hydrogen) atoms. The number of rotatable bonds is 2. The third-order valence-corrected chi connectivity index (χ3v) is 12.1. The third kappa shape index (κ3) is 3.30. The van der Waals surface area contributed by atoms with Crippen molar-refractivity contribution in [2.75, 3.05) is 0 Å². The van der Waals surface area contributed by atoms with Crippen molar-refractivity contribution in [3.8, 4) is 16.8 Å². The van der Waals surface area contributed by atoms with Crippen molar-refractivity contribution in [1.82, 2.24) is 8.97 Å². The molecule has 2 nitrogen and oxygen atoms in total. The van der Waals surface area contributed by atoms with Crippen molar-refractivity contribution >= 4 is 102 Å². The summed E-state index contributed by atoms with van der Waals surface area (Å²) in [4.78, 5) is 0. The highest BCUT2D eigenvalue weighted by Crippen LogP contribution is 2.44. The normalized spacial score (nSPS) is 12.5. The lowest BCUT2D eigenvalue weighted by atomic mass is 10.0. The molecule has 3 heteroatoms. The first-order valence-electron chi connectivity index (χ1n) is 16.9. The summed E-state index contributed by atoms with van der Waals surface area (Å²) in [6.07, 6.45) is 0. The van der Waals surface area contributed by atoms with E-state index in [1.54, 1.807) is 0 Å². The van der Waals surface area contributed by atoms with Crippen LogP contribution in [0.25, 0.3) is 108 Å². The van der Waals surface area contributed by atoms with Gasteiger partial charge in [0.2, 0.25) is 0 Å². The predicted octanol–water partition coefficient (Wildman–Crippen LogP) is 13.1. The van der Waals surface area contributed by atoms with Gasteiger partial charge in [-0.2, -0.15) is 0 Å². The summed E-state index contributed by atoms with van der Waals surface area (Å²) in [7, 11) is 0. The zero-order valence-electron chi connectivity index (χ0n) is 26.3. The van der Waals surface area contributed by atoms with Crippen molar-refractivity contribution in [1.29, 1.82) is 0 Å². The van der Waals surface area contributed by atoms with Crippen molar-refractivity contribution < 1.29 is 0 Å². The van der Waals surface area contributed by atoms with E-state index in [1.807, 2.05) is 11.3 Å². The van der Waals surface area contributed by atoms with Crippen LogP contribution in [0, 0.1) is 0 Å². The first kappa shape index (κ1) is 25.9. The lowest BCUT2D eigenvalue weighted by Gasteiger charge is -2.11. The van der Waals surface area contributed by atoms with Gasteiger partial charge in [0.1, 0.15) is 0 Å². The molecule has 12 aromatic rings. The Morgan fingerprint density at radius 1 is 0.388 bits per heavy atom. The summed E-state index contributed by atoms with van der Waals surface area (Å²) < 4.78 is 7.64. The second-order valence-electron chi connectivity index (χ2n) is 13.3. The topological polar surface area (TPSA) is 9.34 Å². The Bertz CT molecular complexity index is 3320. The van der Waals surface area contributed by atoms with Gasteiger partial charge in [-0.3, -0.25) is 0 Å².